The Morgan fingerprint density at radius 1 is 1.17 bits per heavy atom. The SMILES string of the molecule is N[C@@H]1C[C@H](c2ccncc2NC(=O)c2ccnc(-c3c(F)cccc3F)n2)O[C@@H]2CCCC[C@]12O. The molecule has 1 aliphatic heterocycles. The average Bonchev–Trinajstić information content (AvgIpc) is 2.85. The zero-order valence-electron chi connectivity index (χ0n) is 18.8. The molecule has 2 aromatic heterocycles. The van der Waals surface area contributed by atoms with Crippen molar-refractivity contribution in [1.82, 2.24) is 15.0 Å². The van der Waals surface area contributed by atoms with Gasteiger partial charge >= 0.3 is 0 Å². The van der Waals surface area contributed by atoms with E-state index in [1.54, 1.807) is 12.3 Å². The highest BCUT2D eigenvalue weighted by Crippen LogP contribution is 2.44. The molecule has 8 nitrogen and oxygen atoms in total. The van der Waals surface area contributed by atoms with Gasteiger partial charge in [0.05, 0.1) is 29.7 Å². The molecule has 4 atom stereocenters. The normalized spacial score (nSPS) is 26.1. The lowest BCUT2D eigenvalue weighted by atomic mass is 9.73. The number of aliphatic hydroxyl groups is 1. The van der Waals surface area contributed by atoms with Gasteiger partial charge in [-0.25, -0.2) is 18.7 Å². The molecule has 1 aromatic carbocycles. The molecule has 35 heavy (non-hydrogen) atoms. The number of anilines is 1. The minimum absolute atomic E-state index is 0.0737. The Kier molecular flexibility index (Phi) is 6.26. The summed E-state index contributed by atoms with van der Waals surface area (Å²) < 4.78 is 34.6. The van der Waals surface area contributed by atoms with Gasteiger partial charge in [-0.05, 0) is 43.5 Å². The standard InChI is InChI=1S/C25H25F2N5O3/c26-15-4-3-5-16(27)22(15)23-30-11-8-17(31-23)24(33)32-18-13-29-10-7-14(18)19-12-20(28)25(34)9-2-1-6-21(25)35-19/h3-5,7-8,10-11,13,19-21,34H,1-2,6,9,12,28H2,(H,32,33)/t19-,20-,21-,25+/m1/s1. The summed E-state index contributed by atoms with van der Waals surface area (Å²) in [7, 11) is 0. The molecular weight excluding hydrogens is 456 g/mol. The van der Waals surface area contributed by atoms with Crippen molar-refractivity contribution < 1.29 is 23.4 Å². The summed E-state index contributed by atoms with van der Waals surface area (Å²) >= 11 is 0. The first-order chi connectivity index (χ1) is 16.9. The zero-order valence-corrected chi connectivity index (χ0v) is 18.8. The van der Waals surface area contributed by atoms with Crippen molar-refractivity contribution in [1.29, 1.82) is 0 Å². The molecule has 4 N–H and O–H groups in total. The van der Waals surface area contributed by atoms with Crippen LogP contribution in [-0.2, 0) is 4.74 Å². The molecular formula is C25H25F2N5O3. The van der Waals surface area contributed by atoms with E-state index in [0.29, 0.717) is 30.5 Å². The maximum atomic E-state index is 14.2. The number of hydrogen-bond donors (Lipinski definition) is 3. The molecule has 182 valence electrons. The second-order valence-electron chi connectivity index (χ2n) is 8.97. The number of benzene rings is 1. The first-order valence-corrected chi connectivity index (χ1v) is 11.5. The fraction of sp³-hybridized carbons (Fsp3) is 0.360. The molecule has 2 aliphatic rings. The highest BCUT2D eigenvalue weighted by Gasteiger charge is 2.50. The number of hydrogen-bond acceptors (Lipinski definition) is 7. The van der Waals surface area contributed by atoms with Crippen LogP contribution in [0.15, 0.2) is 48.9 Å². The van der Waals surface area contributed by atoms with Crippen LogP contribution in [0, 0.1) is 11.6 Å². The van der Waals surface area contributed by atoms with Gasteiger partial charge in [0.15, 0.2) is 5.82 Å². The van der Waals surface area contributed by atoms with Crippen LogP contribution >= 0.6 is 0 Å². The smallest absolute Gasteiger partial charge is 0.274 e. The number of rotatable bonds is 4. The molecule has 0 unspecified atom stereocenters. The average molecular weight is 482 g/mol. The van der Waals surface area contributed by atoms with E-state index < -0.39 is 40.9 Å². The number of nitrogens with two attached hydrogens (primary N) is 1. The van der Waals surface area contributed by atoms with E-state index in [-0.39, 0.29) is 17.6 Å². The van der Waals surface area contributed by atoms with Gasteiger partial charge in [-0.3, -0.25) is 9.78 Å². The Hall–Kier alpha value is -3.34. The summed E-state index contributed by atoms with van der Waals surface area (Å²) in [5, 5.41) is 13.8. The number of ether oxygens (including phenoxy) is 1. The summed E-state index contributed by atoms with van der Waals surface area (Å²) in [5.74, 6) is -2.50. The van der Waals surface area contributed by atoms with Crippen LogP contribution in [0.2, 0.25) is 0 Å². The maximum Gasteiger partial charge on any atom is 0.274 e. The van der Waals surface area contributed by atoms with Gasteiger partial charge in [0.2, 0.25) is 0 Å². The number of carbonyl (C=O) groups excluding carboxylic acids is 1. The van der Waals surface area contributed by atoms with E-state index in [0.717, 1.165) is 25.0 Å². The number of halogens is 2. The number of nitrogens with zero attached hydrogens (tertiary/aromatic N) is 3. The molecule has 3 aromatic rings. The van der Waals surface area contributed by atoms with E-state index in [9.17, 15) is 18.7 Å². The predicted octanol–water partition coefficient (Wildman–Crippen LogP) is 3.53. The van der Waals surface area contributed by atoms with Crippen molar-refractivity contribution in [3.05, 3.63) is 71.8 Å². The van der Waals surface area contributed by atoms with E-state index in [4.69, 9.17) is 10.5 Å². The highest BCUT2D eigenvalue weighted by molar-refractivity contribution is 6.03. The Balaban J connectivity index is 1.39. The molecule has 1 aliphatic carbocycles. The second-order valence-corrected chi connectivity index (χ2v) is 8.97. The van der Waals surface area contributed by atoms with Crippen molar-refractivity contribution >= 4 is 11.6 Å². The van der Waals surface area contributed by atoms with E-state index in [2.05, 4.69) is 20.3 Å². The number of fused-ring (bicyclic) bond motifs is 1. The third kappa shape index (κ3) is 4.40. The Morgan fingerprint density at radius 2 is 1.97 bits per heavy atom. The van der Waals surface area contributed by atoms with Gasteiger partial charge in [-0.2, -0.15) is 0 Å². The van der Waals surface area contributed by atoms with Crippen LogP contribution in [-0.4, -0.2) is 43.7 Å². The summed E-state index contributed by atoms with van der Waals surface area (Å²) in [5.41, 5.74) is 5.91. The predicted molar refractivity (Wildman–Crippen MR) is 123 cm³/mol. The molecule has 1 saturated heterocycles. The third-order valence-electron chi connectivity index (χ3n) is 6.81. The topological polar surface area (TPSA) is 123 Å². The van der Waals surface area contributed by atoms with E-state index in [1.807, 2.05) is 0 Å². The van der Waals surface area contributed by atoms with Gasteiger partial charge < -0.3 is 20.9 Å². The molecule has 5 rings (SSSR count). The number of nitrogens with one attached hydrogen (secondary N) is 1. The summed E-state index contributed by atoms with van der Waals surface area (Å²) in [6.45, 7) is 0. The molecule has 1 amide bonds. The summed E-state index contributed by atoms with van der Waals surface area (Å²) in [6.07, 6.45) is 7.06. The lowest BCUT2D eigenvalue weighted by Gasteiger charge is -2.49. The van der Waals surface area contributed by atoms with Crippen LogP contribution < -0.4 is 11.1 Å². The largest absolute Gasteiger partial charge is 0.386 e. The quantitative estimate of drug-likeness (QED) is 0.521. The first-order valence-electron chi connectivity index (χ1n) is 11.5. The van der Waals surface area contributed by atoms with Crippen molar-refractivity contribution in [2.45, 2.75) is 56.0 Å². The molecule has 10 heteroatoms. The van der Waals surface area contributed by atoms with Crippen molar-refractivity contribution in [2.75, 3.05) is 5.32 Å². The van der Waals surface area contributed by atoms with Crippen molar-refractivity contribution in [3.63, 3.8) is 0 Å². The molecule has 0 bridgehead atoms. The Morgan fingerprint density at radius 3 is 2.77 bits per heavy atom. The van der Waals surface area contributed by atoms with Crippen LogP contribution in [0.25, 0.3) is 11.4 Å². The number of pyridine rings is 1. The van der Waals surface area contributed by atoms with E-state index in [1.165, 1.54) is 24.5 Å². The van der Waals surface area contributed by atoms with Gasteiger partial charge in [0.25, 0.3) is 5.91 Å². The maximum absolute atomic E-state index is 14.2. The Labute approximate surface area is 200 Å². The van der Waals surface area contributed by atoms with Crippen LogP contribution in [0.1, 0.15) is 54.3 Å². The number of amides is 1. The molecule has 0 spiro atoms. The van der Waals surface area contributed by atoms with Crippen LogP contribution in [0.4, 0.5) is 14.5 Å². The number of carbonyl (C=O) groups is 1. The third-order valence-corrected chi connectivity index (χ3v) is 6.81. The minimum atomic E-state index is -1.05. The summed E-state index contributed by atoms with van der Waals surface area (Å²) in [6, 6.07) is 6.05. The van der Waals surface area contributed by atoms with E-state index >= 15 is 0 Å². The fourth-order valence-electron chi connectivity index (χ4n) is 4.94. The monoisotopic (exact) mass is 481 g/mol. The first kappa shape index (κ1) is 23.4. The lowest BCUT2D eigenvalue weighted by molar-refractivity contribution is -0.202. The molecule has 0 radical (unpaired) electrons. The van der Waals surface area contributed by atoms with Crippen LogP contribution in [0.5, 0.6) is 0 Å². The minimum Gasteiger partial charge on any atom is -0.386 e. The van der Waals surface area contributed by atoms with Crippen molar-refractivity contribution in [2.24, 2.45) is 5.73 Å². The zero-order chi connectivity index (χ0) is 24.6. The molecule has 1 saturated carbocycles. The van der Waals surface area contributed by atoms with Crippen molar-refractivity contribution in [3.8, 4) is 11.4 Å². The van der Waals surface area contributed by atoms with Gasteiger partial charge in [-0.15, -0.1) is 0 Å². The summed E-state index contributed by atoms with van der Waals surface area (Å²) in [4.78, 5) is 25.1. The molecule has 3 heterocycles. The number of aromatic nitrogens is 3. The Bertz CT molecular complexity index is 1240. The van der Waals surface area contributed by atoms with Gasteiger partial charge in [0.1, 0.15) is 22.9 Å². The lowest BCUT2D eigenvalue weighted by Crippen LogP contribution is -2.62. The second kappa shape index (κ2) is 9.37. The van der Waals surface area contributed by atoms with Crippen LogP contribution in [0.3, 0.4) is 0 Å². The van der Waals surface area contributed by atoms with Gasteiger partial charge in [0, 0.05) is 24.0 Å². The van der Waals surface area contributed by atoms with Gasteiger partial charge in [-0.1, -0.05) is 18.9 Å². The highest BCUT2D eigenvalue weighted by atomic mass is 19.1. The fourth-order valence-corrected chi connectivity index (χ4v) is 4.94. The molecule has 2 fully saturated rings.